The second-order valence-electron chi connectivity index (χ2n) is 0. The van der Waals surface area contributed by atoms with Gasteiger partial charge in [-0.05, 0) is 0 Å². The fraction of sp³-hybridized carbons (Fsp3) is 0. The van der Waals surface area contributed by atoms with E-state index in [-0.39, 0.29) is 84.7 Å². The Morgan fingerprint density at radius 3 is 0.429 bits per heavy atom. The van der Waals surface area contributed by atoms with Crippen LogP contribution in [0.15, 0.2) is 0 Å². The summed E-state index contributed by atoms with van der Waals surface area (Å²) in [7, 11) is 0. The van der Waals surface area contributed by atoms with Crippen LogP contribution in [-0.2, 0) is 50.0 Å². The van der Waals surface area contributed by atoms with Crippen LogP contribution >= 0.6 is 0 Å². The summed E-state index contributed by atoms with van der Waals surface area (Å²) in [5.74, 6) is 0. The zero-order valence-corrected chi connectivity index (χ0v) is 7.44. The average Bonchev–Trinajstić information content (AvgIpc) is 0. The van der Waals surface area contributed by atoms with E-state index in [9.17, 15) is 0 Å². The summed E-state index contributed by atoms with van der Waals surface area (Å²) in [6, 6.07) is 0. The van der Waals surface area contributed by atoms with Gasteiger partial charge >= 0.3 is 34.7 Å². The molecule has 7 heavy (non-hydrogen) atoms. The fourth-order valence-electron chi connectivity index (χ4n) is 0. The molecule has 0 heterocycles. The van der Waals surface area contributed by atoms with Crippen LogP contribution in [0.5, 0.6) is 0 Å². The number of rotatable bonds is 0. The van der Waals surface area contributed by atoms with Crippen molar-refractivity contribution in [2.75, 3.05) is 0 Å². The van der Waals surface area contributed by atoms with Crippen molar-refractivity contribution in [3.8, 4) is 0 Å². The van der Waals surface area contributed by atoms with Gasteiger partial charge in [-0.1, -0.05) is 0 Å². The Morgan fingerprint density at radius 1 is 0.429 bits per heavy atom. The molecule has 0 bridgehead atoms. The smallest absolute Gasteiger partial charge is 2.00 e. The maximum absolute atomic E-state index is 0. The maximum atomic E-state index is 0. The molecule has 0 N–H and O–H groups in total. The molecule has 0 amide bonds. The Hall–Kier alpha value is 1.96. The van der Waals surface area contributed by atoms with E-state index in [1.807, 2.05) is 0 Å². The Balaban J connectivity index is 0. The van der Waals surface area contributed by atoms with E-state index < -0.39 is 0 Å². The summed E-state index contributed by atoms with van der Waals surface area (Å²) in [6.07, 6.45) is 0. The third-order valence-electron chi connectivity index (χ3n) is 0. The predicted molar refractivity (Wildman–Crippen MR) is 13.6 cm³/mol. The van der Waals surface area contributed by atoms with Crippen molar-refractivity contribution in [3.05, 3.63) is 0 Å². The molecule has 0 aromatic carbocycles. The molecule has 42 valence electrons. The van der Waals surface area contributed by atoms with Crippen molar-refractivity contribution in [3.63, 3.8) is 0 Å². The van der Waals surface area contributed by atoms with E-state index in [1.54, 1.807) is 0 Å². The minimum Gasteiger partial charge on any atom is -2.00 e. The minimum absolute atomic E-state index is 0. The topological polar surface area (TPSA) is 85.5 Å². The maximum Gasteiger partial charge on any atom is 3.00 e. The Bertz CT molecular complexity index is 10.9. The van der Waals surface area contributed by atoms with Crippen molar-refractivity contribution >= 4 is 34.7 Å². The van der Waals surface area contributed by atoms with Gasteiger partial charge in [-0.15, -0.1) is 0 Å². The average molecular weight is 220 g/mol. The van der Waals surface area contributed by atoms with E-state index in [2.05, 4.69) is 0 Å². The molecule has 0 fully saturated rings. The van der Waals surface area contributed by atoms with Crippen molar-refractivity contribution < 1.29 is 50.0 Å². The Kier molecular flexibility index (Phi) is 2120. The van der Waals surface area contributed by atoms with Crippen molar-refractivity contribution in [2.45, 2.75) is 0 Å². The van der Waals surface area contributed by atoms with Crippen LogP contribution in [0.3, 0.4) is 0 Å². The van der Waals surface area contributed by atoms with Crippen LogP contribution in [0.4, 0.5) is 0 Å². The second kappa shape index (κ2) is 101. The molecule has 3 nitrogen and oxygen atoms in total. The normalized spacial score (nSPS) is 0. The van der Waals surface area contributed by atoms with Crippen LogP contribution in [-0.4, -0.2) is 34.7 Å². The monoisotopic (exact) mass is 220 g/mol. The summed E-state index contributed by atoms with van der Waals surface area (Å²) >= 11 is 0. The SMILES string of the molecule is [Al+3].[Al+3].[Co].[Co].[O-2].[O-2].[O-2]. The summed E-state index contributed by atoms with van der Waals surface area (Å²) < 4.78 is 0. The van der Waals surface area contributed by atoms with Gasteiger partial charge in [0, 0.05) is 33.6 Å². The van der Waals surface area contributed by atoms with Gasteiger partial charge in [0.1, 0.15) is 0 Å². The Labute approximate surface area is 84.2 Å². The fourth-order valence-corrected chi connectivity index (χ4v) is 0. The zero-order chi connectivity index (χ0) is 0. The first-order valence-electron chi connectivity index (χ1n) is 0. The molecule has 0 saturated carbocycles. The van der Waals surface area contributed by atoms with Crippen molar-refractivity contribution in [2.24, 2.45) is 0 Å². The quantitative estimate of drug-likeness (QED) is 0.463. The van der Waals surface area contributed by atoms with Crippen LogP contribution in [0.1, 0.15) is 0 Å². The second-order valence-corrected chi connectivity index (χ2v) is 0. The van der Waals surface area contributed by atoms with Crippen LogP contribution < -0.4 is 0 Å². The standard InChI is InChI=1S/2Al.2Co.3O/q2*+3;;;3*-2. The molecule has 0 rings (SSSR count). The number of hydrogen-bond donors (Lipinski definition) is 0. The first kappa shape index (κ1) is 148. The molecule has 0 aliphatic heterocycles. The number of hydrogen-bond acceptors (Lipinski definition) is 0. The molecule has 0 aromatic heterocycles. The molecule has 0 spiro atoms. The van der Waals surface area contributed by atoms with Crippen LogP contribution in [0.2, 0.25) is 0 Å². The summed E-state index contributed by atoms with van der Waals surface area (Å²) in [4.78, 5) is 0. The molecule has 0 unspecified atom stereocenters. The van der Waals surface area contributed by atoms with Gasteiger partial charge in [0.05, 0.1) is 0 Å². The van der Waals surface area contributed by atoms with Crippen molar-refractivity contribution in [1.82, 2.24) is 0 Å². The van der Waals surface area contributed by atoms with E-state index in [1.165, 1.54) is 0 Å². The molecule has 0 aliphatic carbocycles. The Morgan fingerprint density at radius 2 is 0.429 bits per heavy atom. The molecule has 2 radical (unpaired) electrons. The minimum atomic E-state index is 0. The molecule has 0 atom stereocenters. The van der Waals surface area contributed by atoms with Gasteiger partial charge in [0.2, 0.25) is 0 Å². The van der Waals surface area contributed by atoms with Gasteiger partial charge < -0.3 is 16.4 Å². The molecule has 0 saturated heterocycles. The molecule has 0 aromatic rings. The van der Waals surface area contributed by atoms with E-state index in [4.69, 9.17) is 0 Å². The van der Waals surface area contributed by atoms with Crippen molar-refractivity contribution in [1.29, 1.82) is 0 Å². The van der Waals surface area contributed by atoms with E-state index >= 15 is 0 Å². The van der Waals surface area contributed by atoms with Gasteiger partial charge in [-0.2, -0.15) is 0 Å². The molecular weight excluding hydrogens is 220 g/mol. The third kappa shape index (κ3) is 73.7. The first-order chi connectivity index (χ1) is 0. The summed E-state index contributed by atoms with van der Waals surface area (Å²) in [5.41, 5.74) is 0. The van der Waals surface area contributed by atoms with E-state index in [0.717, 1.165) is 0 Å². The van der Waals surface area contributed by atoms with Gasteiger partial charge in [-0.3, -0.25) is 0 Å². The first-order valence-corrected chi connectivity index (χ1v) is 0. The van der Waals surface area contributed by atoms with Crippen LogP contribution in [0, 0.1) is 0 Å². The summed E-state index contributed by atoms with van der Waals surface area (Å²) in [5, 5.41) is 0. The zero-order valence-electron chi connectivity index (χ0n) is 3.05. The molecule has 7 heteroatoms. The molecule has 0 aliphatic rings. The van der Waals surface area contributed by atoms with Gasteiger partial charge in [0.25, 0.3) is 0 Å². The largest absolute Gasteiger partial charge is 3.00 e. The summed E-state index contributed by atoms with van der Waals surface area (Å²) in [6.45, 7) is 0. The van der Waals surface area contributed by atoms with Crippen LogP contribution in [0.25, 0.3) is 0 Å². The molecular formula is Al2Co2O3. The van der Waals surface area contributed by atoms with Gasteiger partial charge in [-0.25, -0.2) is 0 Å². The predicted octanol–water partition coefficient (Wildman–Crippen LogP) is -1.12. The van der Waals surface area contributed by atoms with E-state index in [0.29, 0.717) is 0 Å². The third-order valence-corrected chi connectivity index (χ3v) is 0. The van der Waals surface area contributed by atoms with Gasteiger partial charge in [0.15, 0.2) is 0 Å².